The first-order valence-electron chi connectivity index (χ1n) is 6.99. The highest BCUT2D eigenvalue weighted by Crippen LogP contribution is 2.26. The zero-order chi connectivity index (χ0) is 14.7. The molecule has 1 fully saturated rings. The summed E-state index contributed by atoms with van der Waals surface area (Å²) < 4.78 is 5.59. The lowest BCUT2D eigenvalue weighted by Gasteiger charge is -2.21. The molecule has 0 aliphatic carbocycles. The van der Waals surface area contributed by atoms with Gasteiger partial charge in [0.15, 0.2) is 5.78 Å². The zero-order valence-corrected chi connectivity index (χ0v) is 11.8. The van der Waals surface area contributed by atoms with Crippen LogP contribution in [0.2, 0.25) is 0 Å². The molecule has 0 aromatic heterocycles. The van der Waals surface area contributed by atoms with Gasteiger partial charge in [-0.3, -0.25) is 4.79 Å². The summed E-state index contributed by atoms with van der Waals surface area (Å²) in [6, 6.07) is 18.8. The summed E-state index contributed by atoms with van der Waals surface area (Å²) in [5.41, 5.74) is 8.04. The molecule has 4 nitrogen and oxygen atoms in total. The standard InChI is InChI=1S/C17H18N2O2/c1-21-17-14(12-8-4-2-5-9-12)18-19-15(17)16(20)13-10-6-3-7-11-13/h2-11,14-15,17-19H,1H3. The first kappa shape index (κ1) is 13.9. The Morgan fingerprint density at radius 1 is 0.952 bits per heavy atom. The zero-order valence-electron chi connectivity index (χ0n) is 11.8. The van der Waals surface area contributed by atoms with Gasteiger partial charge < -0.3 is 4.74 Å². The number of methoxy groups -OCH3 is 1. The maximum Gasteiger partial charge on any atom is 0.183 e. The van der Waals surface area contributed by atoms with E-state index >= 15 is 0 Å². The molecule has 0 saturated carbocycles. The van der Waals surface area contributed by atoms with Gasteiger partial charge in [0.25, 0.3) is 0 Å². The number of benzene rings is 2. The van der Waals surface area contributed by atoms with Crippen LogP contribution in [0.3, 0.4) is 0 Å². The molecule has 1 heterocycles. The Hall–Kier alpha value is -2.01. The number of carbonyl (C=O) groups excluding carboxylic acids is 1. The maximum atomic E-state index is 12.6. The van der Waals surface area contributed by atoms with E-state index in [1.807, 2.05) is 60.7 Å². The van der Waals surface area contributed by atoms with Crippen molar-refractivity contribution in [3.05, 3.63) is 71.8 Å². The Balaban J connectivity index is 1.83. The van der Waals surface area contributed by atoms with Gasteiger partial charge in [0.1, 0.15) is 12.1 Å². The number of rotatable bonds is 4. The second-order valence-corrected chi connectivity index (χ2v) is 5.09. The van der Waals surface area contributed by atoms with E-state index in [0.29, 0.717) is 5.56 Å². The Morgan fingerprint density at radius 2 is 1.57 bits per heavy atom. The fraction of sp³-hybridized carbons (Fsp3) is 0.235. The van der Waals surface area contributed by atoms with Gasteiger partial charge in [0, 0.05) is 12.7 Å². The van der Waals surface area contributed by atoms with Crippen molar-refractivity contribution < 1.29 is 9.53 Å². The van der Waals surface area contributed by atoms with Gasteiger partial charge in [-0.15, -0.1) is 0 Å². The van der Waals surface area contributed by atoms with E-state index in [1.165, 1.54) is 0 Å². The summed E-state index contributed by atoms with van der Waals surface area (Å²) in [6.07, 6.45) is -0.250. The number of hydrazine groups is 1. The summed E-state index contributed by atoms with van der Waals surface area (Å²) in [7, 11) is 1.64. The third-order valence-corrected chi connectivity index (χ3v) is 3.82. The van der Waals surface area contributed by atoms with E-state index in [1.54, 1.807) is 7.11 Å². The highest BCUT2D eigenvalue weighted by atomic mass is 16.5. The molecule has 2 aromatic carbocycles. The summed E-state index contributed by atoms with van der Waals surface area (Å²) in [6.45, 7) is 0. The number of Topliss-reactive ketones (excluding diaryl/α,β-unsaturated/α-hetero) is 1. The normalized spacial score (nSPS) is 24.9. The van der Waals surface area contributed by atoms with Crippen LogP contribution in [0, 0.1) is 0 Å². The highest BCUT2D eigenvalue weighted by Gasteiger charge is 2.41. The second-order valence-electron chi connectivity index (χ2n) is 5.09. The molecule has 0 amide bonds. The van der Waals surface area contributed by atoms with Crippen LogP contribution in [0.15, 0.2) is 60.7 Å². The molecule has 0 radical (unpaired) electrons. The average molecular weight is 282 g/mol. The lowest BCUT2D eigenvalue weighted by atomic mass is 9.94. The molecule has 1 saturated heterocycles. The van der Waals surface area contributed by atoms with Crippen molar-refractivity contribution in [3.63, 3.8) is 0 Å². The molecule has 2 aromatic rings. The van der Waals surface area contributed by atoms with Crippen molar-refractivity contribution in [2.75, 3.05) is 7.11 Å². The Bertz CT molecular complexity index is 601. The van der Waals surface area contributed by atoms with Crippen molar-refractivity contribution in [3.8, 4) is 0 Å². The van der Waals surface area contributed by atoms with Crippen LogP contribution in [0.5, 0.6) is 0 Å². The summed E-state index contributed by atoms with van der Waals surface area (Å²) in [4.78, 5) is 12.6. The maximum absolute atomic E-state index is 12.6. The number of hydrogen-bond acceptors (Lipinski definition) is 4. The van der Waals surface area contributed by atoms with Gasteiger partial charge in [-0.25, -0.2) is 10.9 Å². The van der Waals surface area contributed by atoms with Crippen molar-refractivity contribution in [2.24, 2.45) is 0 Å². The Morgan fingerprint density at radius 3 is 2.19 bits per heavy atom. The lowest BCUT2D eigenvalue weighted by Crippen LogP contribution is -2.41. The van der Waals surface area contributed by atoms with Crippen molar-refractivity contribution >= 4 is 5.78 Å². The fourth-order valence-electron chi connectivity index (χ4n) is 2.74. The molecule has 4 heteroatoms. The first-order chi connectivity index (χ1) is 10.3. The summed E-state index contributed by atoms with van der Waals surface area (Å²) >= 11 is 0. The molecule has 0 bridgehead atoms. The minimum atomic E-state index is -0.400. The van der Waals surface area contributed by atoms with Gasteiger partial charge in [-0.1, -0.05) is 60.7 Å². The van der Waals surface area contributed by atoms with E-state index in [4.69, 9.17) is 4.74 Å². The van der Waals surface area contributed by atoms with Gasteiger partial charge in [-0.05, 0) is 5.56 Å². The quantitative estimate of drug-likeness (QED) is 0.843. The molecule has 108 valence electrons. The summed E-state index contributed by atoms with van der Waals surface area (Å²) in [5, 5.41) is 0. The van der Waals surface area contributed by atoms with Crippen LogP contribution in [-0.4, -0.2) is 25.0 Å². The third-order valence-electron chi connectivity index (χ3n) is 3.82. The Kier molecular flexibility index (Phi) is 4.10. The van der Waals surface area contributed by atoms with E-state index < -0.39 is 6.04 Å². The van der Waals surface area contributed by atoms with Gasteiger partial charge in [-0.2, -0.15) is 0 Å². The van der Waals surface area contributed by atoms with E-state index in [0.717, 1.165) is 5.56 Å². The average Bonchev–Trinajstić information content (AvgIpc) is 2.99. The third kappa shape index (κ3) is 2.74. The molecule has 3 rings (SSSR count). The largest absolute Gasteiger partial charge is 0.377 e. The molecule has 3 unspecified atom stereocenters. The minimum Gasteiger partial charge on any atom is -0.377 e. The molecule has 3 atom stereocenters. The molecular formula is C17H18N2O2. The Labute approximate surface area is 124 Å². The van der Waals surface area contributed by atoms with Crippen molar-refractivity contribution in [2.45, 2.75) is 18.2 Å². The molecule has 2 N–H and O–H groups in total. The van der Waals surface area contributed by atoms with Gasteiger partial charge in [0.2, 0.25) is 0 Å². The molecule has 1 aliphatic rings. The smallest absolute Gasteiger partial charge is 0.183 e. The monoisotopic (exact) mass is 282 g/mol. The molecule has 21 heavy (non-hydrogen) atoms. The molecular weight excluding hydrogens is 264 g/mol. The van der Waals surface area contributed by atoms with Crippen LogP contribution < -0.4 is 10.9 Å². The number of hydrogen-bond donors (Lipinski definition) is 2. The first-order valence-corrected chi connectivity index (χ1v) is 6.99. The van der Waals surface area contributed by atoms with Crippen molar-refractivity contribution in [1.82, 2.24) is 10.9 Å². The predicted molar refractivity (Wildman–Crippen MR) is 80.8 cm³/mol. The highest BCUT2D eigenvalue weighted by molar-refractivity contribution is 6.00. The van der Waals surface area contributed by atoms with Gasteiger partial charge in [0.05, 0.1) is 6.04 Å². The predicted octanol–water partition coefficient (Wildman–Crippen LogP) is 2.10. The van der Waals surface area contributed by atoms with E-state index in [-0.39, 0.29) is 17.9 Å². The van der Waals surface area contributed by atoms with E-state index in [9.17, 15) is 4.79 Å². The van der Waals surface area contributed by atoms with E-state index in [2.05, 4.69) is 10.9 Å². The van der Waals surface area contributed by atoms with Crippen molar-refractivity contribution in [1.29, 1.82) is 0 Å². The van der Waals surface area contributed by atoms with Crippen LogP contribution in [0.4, 0.5) is 0 Å². The van der Waals surface area contributed by atoms with Gasteiger partial charge >= 0.3 is 0 Å². The van der Waals surface area contributed by atoms with Crippen LogP contribution in [-0.2, 0) is 4.74 Å². The topological polar surface area (TPSA) is 50.4 Å². The lowest BCUT2D eigenvalue weighted by molar-refractivity contribution is 0.0625. The molecule has 0 spiro atoms. The fourth-order valence-corrected chi connectivity index (χ4v) is 2.74. The van der Waals surface area contributed by atoms with Crippen LogP contribution in [0.25, 0.3) is 0 Å². The number of ether oxygens (including phenoxy) is 1. The minimum absolute atomic E-state index is 0.0355. The second kappa shape index (κ2) is 6.18. The number of ketones is 1. The summed E-state index contributed by atoms with van der Waals surface area (Å²) in [5.74, 6) is 0.0355. The SMILES string of the molecule is COC1C(C(=O)c2ccccc2)NNC1c1ccccc1. The number of nitrogens with one attached hydrogen (secondary N) is 2. The number of carbonyl (C=O) groups is 1. The molecule has 1 aliphatic heterocycles. The van der Waals surface area contributed by atoms with Crippen LogP contribution >= 0.6 is 0 Å². The van der Waals surface area contributed by atoms with Crippen LogP contribution in [0.1, 0.15) is 22.0 Å².